The second kappa shape index (κ2) is 6.87. The highest BCUT2D eigenvalue weighted by Crippen LogP contribution is 2.39. The van der Waals surface area contributed by atoms with Crippen molar-refractivity contribution in [1.82, 2.24) is 0 Å². The number of fused-ring (bicyclic) bond motifs is 1. The summed E-state index contributed by atoms with van der Waals surface area (Å²) < 4.78 is 34.1. The number of alkyl halides is 2. The predicted octanol–water partition coefficient (Wildman–Crippen LogP) is 6.65. The van der Waals surface area contributed by atoms with Crippen LogP contribution in [0.1, 0.15) is 44.2 Å². The number of phenols is 1. The Labute approximate surface area is 146 Å². The van der Waals surface area contributed by atoms with E-state index < -0.39 is 5.92 Å². The summed E-state index contributed by atoms with van der Waals surface area (Å²) >= 11 is 0. The summed E-state index contributed by atoms with van der Waals surface area (Å²) in [4.78, 5) is 0. The average Bonchev–Trinajstić information content (AvgIpc) is 2.97. The van der Waals surface area contributed by atoms with Crippen LogP contribution in [0.2, 0.25) is 0 Å². The van der Waals surface area contributed by atoms with E-state index in [-0.39, 0.29) is 11.3 Å². The van der Waals surface area contributed by atoms with Gasteiger partial charge in [-0.1, -0.05) is 31.9 Å². The molecule has 2 nitrogen and oxygen atoms in total. The van der Waals surface area contributed by atoms with Gasteiger partial charge in [-0.2, -0.15) is 0 Å². The van der Waals surface area contributed by atoms with Crippen molar-refractivity contribution in [1.29, 1.82) is 0 Å². The van der Waals surface area contributed by atoms with Crippen molar-refractivity contribution in [2.24, 2.45) is 0 Å². The van der Waals surface area contributed by atoms with Crippen molar-refractivity contribution in [3.63, 3.8) is 0 Å². The Morgan fingerprint density at radius 2 is 1.84 bits per heavy atom. The lowest BCUT2D eigenvalue weighted by molar-refractivity contribution is 0.0179. The van der Waals surface area contributed by atoms with Crippen LogP contribution in [-0.2, 0) is 12.3 Å². The third-order valence-electron chi connectivity index (χ3n) is 4.40. The lowest BCUT2D eigenvalue weighted by Gasteiger charge is -2.16. The van der Waals surface area contributed by atoms with Gasteiger partial charge >= 0.3 is 0 Å². The molecule has 0 saturated carbocycles. The molecular formula is C21H22F2O2. The lowest BCUT2D eigenvalue weighted by Crippen LogP contribution is -2.09. The Morgan fingerprint density at radius 1 is 1.04 bits per heavy atom. The smallest absolute Gasteiger partial charge is 0.271 e. The monoisotopic (exact) mass is 344 g/mol. The predicted molar refractivity (Wildman–Crippen MR) is 96.1 cm³/mol. The molecule has 1 N–H and O–H groups in total. The third kappa shape index (κ3) is 3.84. The molecule has 0 aliphatic rings. The minimum absolute atomic E-state index is 0.0234. The van der Waals surface area contributed by atoms with Gasteiger partial charge in [0.25, 0.3) is 5.92 Å². The molecule has 0 radical (unpaired) electrons. The summed E-state index contributed by atoms with van der Waals surface area (Å²) in [6, 6.07) is 11.7. The highest BCUT2D eigenvalue weighted by atomic mass is 19.3. The molecule has 4 heteroatoms. The van der Waals surface area contributed by atoms with Gasteiger partial charge in [0.15, 0.2) is 0 Å². The first-order chi connectivity index (χ1) is 11.9. The first-order valence-electron chi connectivity index (χ1n) is 8.62. The molecule has 0 amide bonds. The topological polar surface area (TPSA) is 33.4 Å². The quantitative estimate of drug-likeness (QED) is 0.508. The summed E-state index contributed by atoms with van der Waals surface area (Å²) in [6.45, 7) is 3.03. The van der Waals surface area contributed by atoms with Crippen molar-refractivity contribution >= 4 is 11.0 Å². The molecule has 1 aromatic heterocycles. The first-order valence-corrected chi connectivity index (χ1v) is 8.62. The van der Waals surface area contributed by atoms with Crippen molar-refractivity contribution in [2.45, 2.75) is 45.5 Å². The van der Waals surface area contributed by atoms with Crippen molar-refractivity contribution in [3.8, 4) is 17.1 Å². The normalized spacial score (nSPS) is 12.0. The highest BCUT2D eigenvalue weighted by Gasteiger charge is 2.29. The third-order valence-corrected chi connectivity index (χ3v) is 4.40. The number of halogens is 2. The van der Waals surface area contributed by atoms with Crippen LogP contribution >= 0.6 is 0 Å². The van der Waals surface area contributed by atoms with E-state index in [1.165, 1.54) is 6.07 Å². The standard InChI is InChI=1S/C21H22F2O2/c1-3-4-5-6-14-7-10-17(18(11-14)21(2,22)23)20-12-15-8-9-16(24)13-19(15)25-20/h7-13,24H,3-6H2,1-2H3. The van der Waals surface area contributed by atoms with Crippen LogP contribution in [0.5, 0.6) is 5.75 Å². The SMILES string of the molecule is CCCCCc1ccc(-c2cc3ccc(O)cc3o2)c(C(C)(F)F)c1. The molecule has 0 aliphatic carbocycles. The zero-order valence-corrected chi connectivity index (χ0v) is 14.5. The summed E-state index contributed by atoms with van der Waals surface area (Å²) in [7, 11) is 0. The number of furan rings is 1. The maximum atomic E-state index is 14.2. The van der Waals surface area contributed by atoms with Crippen LogP contribution in [0.25, 0.3) is 22.3 Å². The van der Waals surface area contributed by atoms with Crippen molar-refractivity contribution in [2.75, 3.05) is 0 Å². The summed E-state index contributed by atoms with van der Waals surface area (Å²) in [5, 5.41) is 10.3. The molecule has 1 heterocycles. The van der Waals surface area contributed by atoms with E-state index in [1.54, 1.807) is 30.3 Å². The summed E-state index contributed by atoms with van der Waals surface area (Å²) in [5.74, 6) is -2.49. The van der Waals surface area contributed by atoms with Crippen LogP contribution in [0.4, 0.5) is 8.78 Å². The number of phenolic OH excluding ortho intramolecular Hbond substituents is 1. The Hall–Kier alpha value is -2.36. The van der Waals surface area contributed by atoms with Crippen LogP contribution in [0.3, 0.4) is 0 Å². The van der Waals surface area contributed by atoms with Gasteiger partial charge in [0.1, 0.15) is 17.1 Å². The molecule has 2 aromatic carbocycles. The van der Waals surface area contributed by atoms with Crippen LogP contribution in [0.15, 0.2) is 46.9 Å². The molecule has 0 fully saturated rings. The number of aromatic hydroxyl groups is 1. The number of hydrogen-bond donors (Lipinski definition) is 1. The van der Waals surface area contributed by atoms with E-state index in [4.69, 9.17) is 4.42 Å². The summed E-state index contributed by atoms with van der Waals surface area (Å²) in [5.41, 5.74) is 1.77. The van der Waals surface area contributed by atoms with Crippen LogP contribution in [0, 0.1) is 0 Å². The van der Waals surface area contributed by atoms with Gasteiger partial charge in [-0.25, -0.2) is 8.78 Å². The maximum absolute atomic E-state index is 14.2. The Morgan fingerprint density at radius 3 is 2.56 bits per heavy atom. The fraction of sp³-hybridized carbons (Fsp3) is 0.333. The van der Waals surface area contributed by atoms with Gasteiger partial charge in [-0.05, 0) is 42.7 Å². The minimum atomic E-state index is -2.96. The molecule has 132 valence electrons. The molecular weight excluding hydrogens is 322 g/mol. The fourth-order valence-corrected chi connectivity index (χ4v) is 3.06. The van der Waals surface area contributed by atoms with Crippen molar-refractivity contribution in [3.05, 3.63) is 53.6 Å². The zero-order chi connectivity index (χ0) is 18.0. The van der Waals surface area contributed by atoms with E-state index in [0.29, 0.717) is 16.9 Å². The molecule has 0 saturated heterocycles. The van der Waals surface area contributed by atoms with E-state index >= 15 is 0 Å². The molecule has 3 rings (SSSR count). The van der Waals surface area contributed by atoms with E-state index in [9.17, 15) is 13.9 Å². The molecule has 0 atom stereocenters. The number of rotatable bonds is 6. The maximum Gasteiger partial charge on any atom is 0.271 e. The number of hydrogen-bond acceptors (Lipinski definition) is 2. The molecule has 25 heavy (non-hydrogen) atoms. The highest BCUT2D eigenvalue weighted by molar-refractivity contribution is 5.84. The molecule has 0 unspecified atom stereocenters. The van der Waals surface area contributed by atoms with Gasteiger partial charge in [0.05, 0.1) is 0 Å². The Kier molecular flexibility index (Phi) is 4.80. The number of benzene rings is 2. The Bertz CT molecular complexity index is 875. The summed E-state index contributed by atoms with van der Waals surface area (Å²) in [6.07, 6.45) is 3.98. The second-order valence-electron chi connectivity index (χ2n) is 6.56. The average molecular weight is 344 g/mol. The lowest BCUT2D eigenvalue weighted by atomic mass is 9.95. The fourth-order valence-electron chi connectivity index (χ4n) is 3.06. The van der Waals surface area contributed by atoms with E-state index in [2.05, 4.69) is 6.92 Å². The van der Waals surface area contributed by atoms with Gasteiger partial charge in [-0.3, -0.25) is 0 Å². The van der Waals surface area contributed by atoms with Gasteiger partial charge in [0, 0.05) is 29.5 Å². The Balaban J connectivity index is 2.04. The van der Waals surface area contributed by atoms with Crippen LogP contribution in [-0.4, -0.2) is 5.11 Å². The molecule has 0 aliphatic heterocycles. The molecule has 0 spiro atoms. The first kappa shape index (κ1) is 17.5. The van der Waals surface area contributed by atoms with E-state index in [0.717, 1.165) is 43.6 Å². The van der Waals surface area contributed by atoms with Gasteiger partial charge < -0.3 is 9.52 Å². The van der Waals surface area contributed by atoms with E-state index in [1.807, 2.05) is 6.07 Å². The largest absolute Gasteiger partial charge is 0.508 e. The van der Waals surface area contributed by atoms with Gasteiger partial charge in [0.2, 0.25) is 0 Å². The second-order valence-corrected chi connectivity index (χ2v) is 6.56. The number of aryl methyl sites for hydroxylation is 1. The number of unbranched alkanes of at least 4 members (excludes halogenated alkanes) is 2. The van der Waals surface area contributed by atoms with Crippen LogP contribution < -0.4 is 0 Å². The minimum Gasteiger partial charge on any atom is -0.508 e. The zero-order valence-electron chi connectivity index (χ0n) is 14.5. The molecule has 3 aromatic rings. The van der Waals surface area contributed by atoms with Crippen molar-refractivity contribution < 1.29 is 18.3 Å². The van der Waals surface area contributed by atoms with Gasteiger partial charge in [-0.15, -0.1) is 0 Å². The molecule has 0 bridgehead atoms.